The molecule has 0 spiro atoms. The molecule has 0 amide bonds. The van der Waals surface area contributed by atoms with Crippen LogP contribution >= 0.6 is 11.3 Å². The van der Waals surface area contributed by atoms with Crippen molar-refractivity contribution >= 4 is 23.0 Å². The van der Waals surface area contributed by atoms with Crippen LogP contribution in [0.25, 0.3) is 0 Å². The van der Waals surface area contributed by atoms with Gasteiger partial charge in [-0.05, 0) is 6.42 Å². The van der Waals surface area contributed by atoms with Gasteiger partial charge in [0.15, 0.2) is 11.6 Å². The first-order valence-corrected chi connectivity index (χ1v) is 6.98. The van der Waals surface area contributed by atoms with Crippen LogP contribution < -0.4 is 15.4 Å². The van der Waals surface area contributed by atoms with E-state index in [1.165, 1.54) is 6.33 Å². The molecule has 2 heterocycles. The SMILES string of the molecule is CCCNc1ncnc(NCc2nccs2)c1OC. The van der Waals surface area contributed by atoms with Crippen LogP contribution in [-0.4, -0.2) is 28.6 Å². The Kier molecular flexibility index (Phi) is 4.91. The average molecular weight is 279 g/mol. The number of methoxy groups -OCH3 is 1. The van der Waals surface area contributed by atoms with Gasteiger partial charge in [-0.2, -0.15) is 0 Å². The molecular weight excluding hydrogens is 262 g/mol. The fourth-order valence-corrected chi connectivity index (χ4v) is 2.12. The topological polar surface area (TPSA) is 72.0 Å². The minimum absolute atomic E-state index is 0.623. The van der Waals surface area contributed by atoms with E-state index in [0.717, 1.165) is 18.0 Å². The highest BCUT2D eigenvalue weighted by molar-refractivity contribution is 7.09. The zero-order valence-electron chi connectivity index (χ0n) is 11.0. The molecule has 2 aromatic heterocycles. The predicted molar refractivity (Wildman–Crippen MR) is 76.8 cm³/mol. The first-order valence-electron chi connectivity index (χ1n) is 6.10. The molecule has 7 heteroatoms. The Morgan fingerprint density at radius 3 is 2.63 bits per heavy atom. The Balaban J connectivity index is 2.10. The average Bonchev–Trinajstić information content (AvgIpc) is 2.96. The Bertz CT molecular complexity index is 503. The highest BCUT2D eigenvalue weighted by atomic mass is 32.1. The van der Waals surface area contributed by atoms with Crippen LogP contribution in [0.2, 0.25) is 0 Å². The first-order chi connectivity index (χ1) is 9.35. The zero-order chi connectivity index (χ0) is 13.5. The van der Waals surface area contributed by atoms with Gasteiger partial charge in [-0.25, -0.2) is 15.0 Å². The summed E-state index contributed by atoms with van der Waals surface area (Å²) in [5, 5.41) is 9.38. The molecule has 0 aliphatic heterocycles. The van der Waals surface area contributed by atoms with Crippen LogP contribution in [0.4, 0.5) is 11.6 Å². The number of rotatable bonds is 7. The van der Waals surface area contributed by atoms with Crippen LogP contribution in [0.15, 0.2) is 17.9 Å². The molecule has 0 aliphatic carbocycles. The summed E-state index contributed by atoms with van der Waals surface area (Å²) >= 11 is 1.60. The molecule has 2 N–H and O–H groups in total. The molecule has 2 aromatic rings. The van der Waals surface area contributed by atoms with Crippen molar-refractivity contribution in [3.63, 3.8) is 0 Å². The molecule has 0 radical (unpaired) electrons. The van der Waals surface area contributed by atoms with Gasteiger partial charge in [0.05, 0.1) is 13.7 Å². The van der Waals surface area contributed by atoms with E-state index in [2.05, 4.69) is 32.5 Å². The molecule has 2 rings (SSSR count). The van der Waals surface area contributed by atoms with E-state index >= 15 is 0 Å². The van der Waals surface area contributed by atoms with E-state index in [4.69, 9.17) is 4.74 Å². The van der Waals surface area contributed by atoms with Gasteiger partial charge in [-0.3, -0.25) is 0 Å². The largest absolute Gasteiger partial charge is 0.490 e. The highest BCUT2D eigenvalue weighted by Crippen LogP contribution is 2.29. The summed E-state index contributed by atoms with van der Waals surface area (Å²) < 4.78 is 5.38. The molecule has 0 aliphatic rings. The number of nitrogens with one attached hydrogen (secondary N) is 2. The van der Waals surface area contributed by atoms with Crippen LogP contribution in [0.3, 0.4) is 0 Å². The maximum absolute atomic E-state index is 5.38. The summed E-state index contributed by atoms with van der Waals surface area (Å²) in [6.45, 7) is 3.57. The standard InChI is InChI=1S/C12H17N5OS/c1-3-4-14-11-10(18-2)12(17-8-16-11)15-7-9-13-5-6-19-9/h5-6,8H,3-4,7H2,1-2H3,(H2,14,15,16,17). The van der Waals surface area contributed by atoms with Crippen molar-refractivity contribution in [1.29, 1.82) is 0 Å². The molecule has 0 saturated heterocycles. The monoisotopic (exact) mass is 279 g/mol. The lowest BCUT2D eigenvalue weighted by Gasteiger charge is -2.13. The lowest BCUT2D eigenvalue weighted by molar-refractivity contribution is 0.414. The van der Waals surface area contributed by atoms with Crippen molar-refractivity contribution in [2.45, 2.75) is 19.9 Å². The van der Waals surface area contributed by atoms with Crippen LogP contribution in [-0.2, 0) is 6.54 Å². The van der Waals surface area contributed by atoms with Crippen molar-refractivity contribution in [2.24, 2.45) is 0 Å². The van der Waals surface area contributed by atoms with Crippen molar-refractivity contribution in [2.75, 3.05) is 24.3 Å². The van der Waals surface area contributed by atoms with E-state index in [1.54, 1.807) is 24.6 Å². The van der Waals surface area contributed by atoms with Gasteiger partial charge in [0.25, 0.3) is 0 Å². The normalized spacial score (nSPS) is 10.2. The number of hydrogen-bond acceptors (Lipinski definition) is 7. The van der Waals surface area contributed by atoms with Crippen LogP contribution in [0.1, 0.15) is 18.4 Å². The van der Waals surface area contributed by atoms with Crippen LogP contribution in [0, 0.1) is 0 Å². The van der Waals surface area contributed by atoms with E-state index in [-0.39, 0.29) is 0 Å². The van der Waals surface area contributed by atoms with Crippen molar-refractivity contribution in [3.05, 3.63) is 22.9 Å². The zero-order valence-corrected chi connectivity index (χ0v) is 11.8. The van der Waals surface area contributed by atoms with E-state index < -0.39 is 0 Å². The number of thiazole rings is 1. The Labute approximate surface area is 116 Å². The maximum Gasteiger partial charge on any atom is 0.204 e. The molecule has 102 valence electrons. The molecular formula is C12H17N5OS. The summed E-state index contributed by atoms with van der Waals surface area (Å²) in [5.74, 6) is 2.01. The fraction of sp³-hybridized carbons (Fsp3) is 0.417. The summed E-state index contributed by atoms with van der Waals surface area (Å²) in [6.07, 6.45) is 4.33. The molecule has 19 heavy (non-hydrogen) atoms. The first kappa shape index (κ1) is 13.5. The van der Waals surface area contributed by atoms with E-state index in [9.17, 15) is 0 Å². The second-order valence-corrected chi connectivity index (χ2v) is 4.79. The molecule has 0 fully saturated rings. The third kappa shape index (κ3) is 3.54. The fourth-order valence-electron chi connectivity index (χ4n) is 1.56. The van der Waals surface area contributed by atoms with Gasteiger partial charge in [-0.1, -0.05) is 6.92 Å². The Morgan fingerprint density at radius 2 is 2.00 bits per heavy atom. The highest BCUT2D eigenvalue weighted by Gasteiger charge is 2.11. The molecule has 0 bridgehead atoms. The van der Waals surface area contributed by atoms with Crippen LogP contribution in [0.5, 0.6) is 5.75 Å². The molecule has 0 saturated carbocycles. The predicted octanol–water partition coefficient (Wildman–Crippen LogP) is 2.38. The minimum Gasteiger partial charge on any atom is -0.490 e. The number of ether oxygens (including phenoxy) is 1. The van der Waals surface area contributed by atoms with E-state index in [0.29, 0.717) is 23.9 Å². The lowest BCUT2D eigenvalue weighted by Crippen LogP contribution is -2.08. The molecule has 6 nitrogen and oxygen atoms in total. The smallest absolute Gasteiger partial charge is 0.204 e. The van der Waals surface area contributed by atoms with Gasteiger partial charge in [0.2, 0.25) is 5.75 Å². The van der Waals surface area contributed by atoms with E-state index in [1.807, 2.05) is 5.38 Å². The number of anilines is 2. The quantitative estimate of drug-likeness (QED) is 0.810. The Morgan fingerprint density at radius 1 is 1.21 bits per heavy atom. The van der Waals surface area contributed by atoms with Gasteiger partial charge < -0.3 is 15.4 Å². The van der Waals surface area contributed by atoms with Gasteiger partial charge in [-0.15, -0.1) is 11.3 Å². The molecule has 0 unspecified atom stereocenters. The maximum atomic E-state index is 5.38. The lowest BCUT2D eigenvalue weighted by atomic mass is 10.4. The summed E-state index contributed by atoms with van der Waals surface area (Å²) in [6, 6.07) is 0. The van der Waals surface area contributed by atoms with Crippen molar-refractivity contribution in [1.82, 2.24) is 15.0 Å². The summed E-state index contributed by atoms with van der Waals surface area (Å²) in [7, 11) is 1.62. The van der Waals surface area contributed by atoms with Gasteiger partial charge in [0.1, 0.15) is 11.3 Å². The van der Waals surface area contributed by atoms with Gasteiger partial charge in [0, 0.05) is 18.1 Å². The number of hydrogen-bond donors (Lipinski definition) is 2. The van der Waals surface area contributed by atoms with Crippen molar-refractivity contribution in [3.8, 4) is 5.75 Å². The van der Waals surface area contributed by atoms with Crippen molar-refractivity contribution < 1.29 is 4.74 Å². The van der Waals surface area contributed by atoms with Gasteiger partial charge >= 0.3 is 0 Å². The summed E-state index contributed by atoms with van der Waals surface area (Å²) in [4.78, 5) is 12.6. The third-order valence-corrected chi connectivity index (χ3v) is 3.22. The second kappa shape index (κ2) is 6.89. The molecule has 0 aromatic carbocycles. The minimum atomic E-state index is 0.623. The Hall–Kier alpha value is -1.89. The number of nitrogens with zero attached hydrogens (tertiary/aromatic N) is 3. The second-order valence-electron chi connectivity index (χ2n) is 3.81. The molecule has 0 atom stereocenters. The summed E-state index contributed by atoms with van der Waals surface area (Å²) in [5.41, 5.74) is 0. The third-order valence-electron chi connectivity index (χ3n) is 2.44. The number of aromatic nitrogens is 3.